The number of primary amides is 1. The number of halogens is 1. The molecule has 3 N–H and O–H groups in total. The van der Waals surface area contributed by atoms with Crippen LogP contribution in [0.2, 0.25) is 0 Å². The summed E-state index contributed by atoms with van der Waals surface area (Å²) in [6.07, 6.45) is 4.65. The highest BCUT2D eigenvalue weighted by Crippen LogP contribution is 2.10. The van der Waals surface area contributed by atoms with Crippen molar-refractivity contribution >= 4 is 11.8 Å². The molecule has 0 saturated carbocycles. The number of pyridine rings is 1. The van der Waals surface area contributed by atoms with E-state index in [4.69, 9.17) is 5.73 Å². The molecule has 1 atom stereocenters. The van der Waals surface area contributed by atoms with Crippen molar-refractivity contribution in [3.8, 4) is 0 Å². The number of hydrogen-bond donors (Lipinski definition) is 2. The molecule has 0 saturated heterocycles. The van der Waals surface area contributed by atoms with E-state index in [1.165, 1.54) is 12.1 Å². The number of aromatic nitrogens is 1. The molecule has 0 unspecified atom stereocenters. The minimum absolute atomic E-state index is 0.142. The SMILES string of the molecule is NC(=O)[C@@H](CNC(=O)CCc1ccncc1)Cc1ccc(F)cc1. The van der Waals surface area contributed by atoms with Crippen LogP contribution in [0.25, 0.3) is 0 Å². The number of carbonyl (C=O) groups excluding carboxylic acids is 2. The highest BCUT2D eigenvalue weighted by atomic mass is 19.1. The Morgan fingerprint density at radius 2 is 1.75 bits per heavy atom. The second-order valence-electron chi connectivity index (χ2n) is 5.59. The zero-order valence-electron chi connectivity index (χ0n) is 13.2. The van der Waals surface area contributed by atoms with Crippen LogP contribution in [0, 0.1) is 11.7 Å². The highest BCUT2D eigenvalue weighted by Gasteiger charge is 2.17. The molecule has 0 aliphatic heterocycles. The molecule has 24 heavy (non-hydrogen) atoms. The first-order valence-corrected chi connectivity index (χ1v) is 7.74. The number of carbonyl (C=O) groups is 2. The minimum atomic E-state index is -0.527. The van der Waals surface area contributed by atoms with Crippen LogP contribution in [0.1, 0.15) is 17.5 Å². The van der Waals surface area contributed by atoms with Gasteiger partial charge < -0.3 is 11.1 Å². The van der Waals surface area contributed by atoms with Gasteiger partial charge in [-0.2, -0.15) is 0 Å². The smallest absolute Gasteiger partial charge is 0.222 e. The van der Waals surface area contributed by atoms with E-state index < -0.39 is 11.8 Å². The third-order valence-electron chi connectivity index (χ3n) is 3.73. The highest BCUT2D eigenvalue weighted by molar-refractivity contribution is 5.80. The van der Waals surface area contributed by atoms with Gasteiger partial charge in [-0.15, -0.1) is 0 Å². The largest absolute Gasteiger partial charge is 0.369 e. The minimum Gasteiger partial charge on any atom is -0.369 e. The fourth-order valence-corrected chi connectivity index (χ4v) is 2.31. The second kappa shape index (κ2) is 8.76. The molecule has 1 heterocycles. The van der Waals surface area contributed by atoms with Gasteiger partial charge in [-0.3, -0.25) is 14.6 Å². The molecule has 5 nitrogen and oxygen atoms in total. The maximum Gasteiger partial charge on any atom is 0.222 e. The molecular formula is C18H20FN3O2. The van der Waals surface area contributed by atoms with Gasteiger partial charge in [0.2, 0.25) is 11.8 Å². The van der Waals surface area contributed by atoms with Crippen LogP contribution in [0.15, 0.2) is 48.8 Å². The molecule has 0 radical (unpaired) electrons. The van der Waals surface area contributed by atoms with E-state index in [1.54, 1.807) is 24.5 Å². The zero-order chi connectivity index (χ0) is 17.4. The van der Waals surface area contributed by atoms with Gasteiger partial charge in [-0.25, -0.2) is 4.39 Å². The molecular weight excluding hydrogens is 309 g/mol. The van der Waals surface area contributed by atoms with E-state index in [0.717, 1.165) is 11.1 Å². The Morgan fingerprint density at radius 3 is 2.38 bits per heavy atom. The second-order valence-corrected chi connectivity index (χ2v) is 5.59. The average Bonchev–Trinajstić information content (AvgIpc) is 2.59. The molecule has 1 aromatic carbocycles. The van der Waals surface area contributed by atoms with Gasteiger partial charge in [-0.1, -0.05) is 12.1 Å². The summed E-state index contributed by atoms with van der Waals surface area (Å²) in [5, 5.41) is 2.74. The van der Waals surface area contributed by atoms with E-state index >= 15 is 0 Å². The Morgan fingerprint density at radius 1 is 1.08 bits per heavy atom. The van der Waals surface area contributed by atoms with E-state index in [-0.39, 0.29) is 18.3 Å². The number of hydrogen-bond acceptors (Lipinski definition) is 3. The Kier molecular flexibility index (Phi) is 6.42. The molecule has 0 bridgehead atoms. The van der Waals surface area contributed by atoms with Crippen molar-refractivity contribution in [2.24, 2.45) is 11.7 Å². The molecule has 2 rings (SSSR count). The van der Waals surface area contributed by atoms with Crippen molar-refractivity contribution in [1.82, 2.24) is 10.3 Å². The number of nitrogens with two attached hydrogens (primary N) is 1. The van der Waals surface area contributed by atoms with E-state index in [1.807, 2.05) is 12.1 Å². The standard InChI is InChI=1S/C18H20FN3O2/c19-16-4-1-14(2-5-16)11-15(18(20)24)12-22-17(23)6-3-13-7-9-21-10-8-13/h1-2,4-5,7-10,15H,3,6,11-12H2,(H2,20,24)(H,22,23)/t15-/m1/s1. The lowest BCUT2D eigenvalue weighted by Crippen LogP contribution is -2.37. The Hall–Kier alpha value is -2.76. The summed E-state index contributed by atoms with van der Waals surface area (Å²) in [6, 6.07) is 9.59. The number of nitrogens with one attached hydrogen (secondary N) is 1. The maximum atomic E-state index is 12.9. The maximum absolute atomic E-state index is 12.9. The average molecular weight is 329 g/mol. The van der Waals surface area contributed by atoms with Crippen molar-refractivity contribution in [2.45, 2.75) is 19.3 Å². The topological polar surface area (TPSA) is 85.1 Å². The quantitative estimate of drug-likeness (QED) is 0.771. The number of benzene rings is 1. The van der Waals surface area contributed by atoms with Gasteiger partial charge in [0, 0.05) is 25.4 Å². The molecule has 0 aliphatic carbocycles. The van der Waals surface area contributed by atoms with Crippen molar-refractivity contribution in [1.29, 1.82) is 0 Å². The van der Waals surface area contributed by atoms with Crippen LogP contribution in [-0.4, -0.2) is 23.3 Å². The summed E-state index contributed by atoms with van der Waals surface area (Å²) >= 11 is 0. The fraction of sp³-hybridized carbons (Fsp3) is 0.278. The van der Waals surface area contributed by atoms with Crippen LogP contribution in [0.3, 0.4) is 0 Å². The summed E-state index contributed by atoms with van der Waals surface area (Å²) in [6.45, 7) is 0.169. The molecule has 6 heteroatoms. The lowest BCUT2D eigenvalue weighted by atomic mass is 9.98. The number of amides is 2. The molecule has 2 aromatic rings. The first-order chi connectivity index (χ1) is 11.5. The van der Waals surface area contributed by atoms with E-state index in [2.05, 4.69) is 10.3 Å². The Bertz CT molecular complexity index is 674. The Balaban J connectivity index is 1.81. The van der Waals surface area contributed by atoms with Crippen LogP contribution in [-0.2, 0) is 22.4 Å². The fourth-order valence-electron chi connectivity index (χ4n) is 2.31. The summed E-state index contributed by atoms with van der Waals surface area (Å²) < 4.78 is 12.9. The van der Waals surface area contributed by atoms with Crippen LogP contribution >= 0.6 is 0 Å². The summed E-state index contributed by atoms with van der Waals surface area (Å²) in [5.74, 6) is -1.50. The Labute approximate surface area is 140 Å². The van der Waals surface area contributed by atoms with Gasteiger partial charge in [0.1, 0.15) is 5.82 Å². The van der Waals surface area contributed by atoms with Crippen LogP contribution in [0.4, 0.5) is 4.39 Å². The van der Waals surface area contributed by atoms with Crippen molar-refractivity contribution in [3.63, 3.8) is 0 Å². The lowest BCUT2D eigenvalue weighted by Gasteiger charge is -2.14. The van der Waals surface area contributed by atoms with Gasteiger partial charge in [-0.05, 0) is 48.2 Å². The molecule has 2 amide bonds. The van der Waals surface area contributed by atoms with Gasteiger partial charge >= 0.3 is 0 Å². The number of aryl methyl sites for hydroxylation is 1. The van der Waals surface area contributed by atoms with Crippen LogP contribution in [0.5, 0.6) is 0 Å². The predicted octanol–water partition coefficient (Wildman–Crippen LogP) is 1.61. The summed E-state index contributed by atoms with van der Waals surface area (Å²) in [4.78, 5) is 27.4. The van der Waals surface area contributed by atoms with Crippen LogP contribution < -0.4 is 11.1 Å². The first-order valence-electron chi connectivity index (χ1n) is 7.74. The zero-order valence-corrected chi connectivity index (χ0v) is 13.2. The van der Waals surface area contributed by atoms with Gasteiger partial charge in [0.25, 0.3) is 0 Å². The normalized spacial score (nSPS) is 11.7. The first kappa shape index (κ1) is 17.6. The molecule has 0 aliphatic rings. The van der Waals surface area contributed by atoms with E-state index in [0.29, 0.717) is 19.3 Å². The van der Waals surface area contributed by atoms with Gasteiger partial charge in [0.05, 0.1) is 5.92 Å². The van der Waals surface area contributed by atoms with Crippen molar-refractivity contribution < 1.29 is 14.0 Å². The number of nitrogens with zero attached hydrogens (tertiary/aromatic N) is 1. The third kappa shape index (κ3) is 5.79. The summed E-state index contributed by atoms with van der Waals surface area (Å²) in [5.41, 5.74) is 7.22. The monoisotopic (exact) mass is 329 g/mol. The molecule has 126 valence electrons. The molecule has 1 aromatic heterocycles. The van der Waals surface area contributed by atoms with E-state index in [9.17, 15) is 14.0 Å². The molecule has 0 spiro atoms. The summed E-state index contributed by atoms with van der Waals surface area (Å²) in [7, 11) is 0. The van der Waals surface area contributed by atoms with Crippen molar-refractivity contribution in [3.05, 3.63) is 65.7 Å². The number of rotatable bonds is 8. The van der Waals surface area contributed by atoms with Crippen molar-refractivity contribution in [2.75, 3.05) is 6.54 Å². The lowest BCUT2D eigenvalue weighted by molar-refractivity contribution is -0.123. The third-order valence-corrected chi connectivity index (χ3v) is 3.73. The predicted molar refractivity (Wildman–Crippen MR) is 88.4 cm³/mol. The van der Waals surface area contributed by atoms with Gasteiger partial charge in [0.15, 0.2) is 0 Å². The molecule has 0 fully saturated rings.